The van der Waals surface area contributed by atoms with E-state index in [-0.39, 0.29) is 5.28 Å². The summed E-state index contributed by atoms with van der Waals surface area (Å²) in [5.41, 5.74) is 4.97. The predicted molar refractivity (Wildman–Crippen MR) is 121 cm³/mol. The Kier molecular flexibility index (Phi) is 6.18. The van der Waals surface area contributed by atoms with Gasteiger partial charge in [0.1, 0.15) is 0 Å². The van der Waals surface area contributed by atoms with Crippen molar-refractivity contribution in [2.75, 3.05) is 18.5 Å². The van der Waals surface area contributed by atoms with Gasteiger partial charge in [-0.15, -0.1) is 0 Å². The van der Waals surface area contributed by atoms with Crippen LogP contribution in [0, 0.1) is 5.92 Å². The fourth-order valence-corrected chi connectivity index (χ4v) is 5.19. The summed E-state index contributed by atoms with van der Waals surface area (Å²) in [4.78, 5) is 13.4. The molecular formula is C23H26ClF3N6. The number of nitrogens with zero attached hydrogens (tertiary/aromatic N) is 5. The van der Waals surface area contributed by atoms with Gasteiger partial charge in [0.25, 0.3) is 0 Å². The van der Waals surface area contributed by atoms with E-state index in [1.54, 1.807) is 6.07 Å². The molecule has 10 heteroatoms. The van der Waals surface area contributed by atoms with Crippen molar-refractivity contribution < 1.29 is 13.2 Å². The van der Waals surface area contributed by atoms with Crippen molar-refractivity contribution >= 4 is 28.6 Å². The minimum Gasteiger partial charge on any atom is -0.312 e. The molecule has 1 aliphatic carbocycles. The molecule has 176 valence electrons. The first-order chi connectivity index (χ1) is 15.9. The van der Waals surface area contributed by atoms with Crippen LogP contribution in [0.5, 0.6) is 0 Å². The summed E-state index contributed by atoms with van der Waals surface area (Å²) >= 11 is 6.23. The summed E-state index contributed by atoms with van der Waals surface area (Å²) < 4.78 is 41.1. The molecule has 0 atom stereocenters. The lowest BCUT2D eigenvalue weighted by Gasteiger charge is -2.32. The van der Waals surface area contributed by atoms with E-state index < -0.39 is 11.7 Å². The summed E-state index contributed by atoms with van der Waals surface area (Å²) in [6.07, 6.45) is 4.59. The average Bonchev–Trinajstić information content (AvgIpc) is 3.44. The topological polar surface area (TPSA) is 58.9 Å². The van der Waals surface area contributed by atoms with E-state index in [0.717, 1.165) is 56.0 Å². The number of aromatic nitrogens is 4. The van der Waals surface area contributed by atoms with Gasteiger partial charge < -0.3 is 9.99 Å². The summed E-state index contributed by atoms with van der Waals surface area (Å²) in [5, 5.41) is 2.26. The molecule has 1 aromatic carbocycles. The smallest absolute Gasteiger partial charge is 0.312 e. The number of nitrogens with one attached hydrogen (secondary N) is 1. The highest BCUT2D eigenvalue weighted by atomic mass is 35.5. The Morgan fingerprint density at radius 2 is 1.82 bits per heavy atom. The minimum atomic E-state index is -4.31. The van der Waals surface area contributed by atoms with Gasteiger partial charge in [-0.25, -0.2) is 9.99 Å². The summed E-state index contributed by atoms with van der Waals surface area (Å²) in [7, 11) is 0. The molecule has 1 aliphatic heterocycles. The van der Waals surface area contributed by atoms with Gasteiger partial charge in [0, 0.05) is 19.1 Å². The van der Waals surface area contributed by atoms with Crippen LogP contribution in [0.4, 0.5) is 19.0 Å². The Balaban J connectivity index is 1.23. The second kappa shape index (κ2) is 9.10. The molecule has 1 saturated carbocycles. The summed E-state index contributed by atoms with van der Waals surface area (Å²) in [6.45, 7) is 1.52. The molecule has 3 heterocycles. The molecule has 5 rings (SSSR count). The molecular weight excluding hydrogens is 453 g/mol. The van der Waals surface area contributed by atoms with Gasteiger partial charge in [0.15, 0.2) is 17.0 Å². The fourth-order valence-electron chi connectivity index (χ4n) is 5.02. The Morgan fingerprint density at radius 1 is 1.06 bits per heavy atom. The zero-order chi connectivity index (χ0) is 23.0. The minimum absolute atomic E-state index is 0.184. The number of alkyl halides is 3. The highest BCUT2D eigenvalue weighted by Crippen LogP contribution is 2.34. The lowest BCUT2D eigenvalue weighted by atomic mass is 9.90. The normalized spacial score (nSPS) is 18.9. The molecule has 1 N–H and O–H groups in total. The zero-order valence-corrected chi connectivity index (χ0v) is 18.9. The number of halogens is 4. The molecule has 0 unspecified atom stereocenters. The van der Waals surface area contributed by atoms with Crippen molar-refractivity contribution in [3.8, 4) is 0 Å². The van der Waals surface area contributed by atoms with Crippen LogP contribution in [-0.4, -0.2) is 37.6 Å². The van der Waals surface area contributed by atoms with Crippen LogP contribution in [0.25, 0.3) is 11.2 Å². The third kappa shape index (κ3) is 4.94. The van der Waals surface area contributed by atoms with E-state index in [4.69, 9.17) is 11.6 Å². The number of benzene rings is 1. The number of hydrogen-bond donors (Lipinski definition) is 1. The lowest BCUT2D eigenvalue weighted by molar-refractivity contribution is -0.137. The number of piperidine rings is 1. The van der Waals surface area contributed by atoms with Gasteiger partial charge in [-0.1, -0.05) is 31.0 Å². The maximum absolute atomic E-state index is 13.0. The number of imidazole rings is 1. The Bertz CT molecular complexity index is 1120. The Labute approximate surface area is 195 Å². The van der Waals surface area contributed by atoms with Crippen LogP contribution in [0.15, 0.2) is 30.6 Å². The molecule has 0 radical (unpaired) electrons. The number of anilines is 1. The second-order valence-corrected chi connectivity index (χ2v) is 9.39. The summed E-state index contributed by atoms with van der Waals surface area (Å²) in [6, 6.07) is 6.06. The van der Waals surface area contributed by atoms with Gasteiger partial charge in [-0.3, -0.25) is 0 Å². The molecule has 1 saturated heterocycles. The van der Waals surface area contributed by atoms with Crippen LogP contribution in [-0.2, 0) is 12.6 Å². The molecule has 0 spiro atoms. The number of hydrazine groups is 1. The molecule has 2 aliphatic rings. The van der Waals surface area contributed by atoms with Crippen LogP contribution >= 0.6 is 11.6 Å². The second-order valence-electron chi connectivity index (χ2n) is 9.05. The van der Waals surface area contributed by atoms with Crippen molar-refractivity contribution in [2.24, 2.45) is 5.92 Å². The van der Waals surface area contributed by atoms with Crippen LogP contribution in [0.3, 0.4) is 0 Å². The molecule has 2 fully saturated rings. The van der Waals surface area contributed by atoms with Crippen molar-refractivity contribution in [1.29, 1.82) is 0 Å². The van der Waals surface area contributed by atoms with Gasteiger partial charge in [0.2, 0.25) is 5.28 Å². The van der Waals surface area contributed by atoms with Crippen molar-refractivity contribution in [2.45, 2.75) is 57.2 Å². The number of rotatable bonds is 5. The maximum Gasteiger partial charge on any atom is 0.416 e. The average molecular weight is 479 g/mol. The standard InChI is InChI=1S/C23H26ClF3N6/c24-22-29-20(19-21(30-22)33(14-28-19)18-6-1-2-7-18)31-32-10-8-15(9-11-32)12-16-4-3-5-17(13-16)23(25,26)27/h3-5,13-15,18H,1-2,6-12H2,(H,29,30,31). The van der Waals surface area contributed by atoms with E-state index in [2.05, 4.69) is 30.0 Å². The first-order valence-electron chi connectivity index (χ1n) is 11.4. The number of fused-ring (bicyclic) bond motifs is 1. The molecule has 3 aromatic rings. The molecule has 33 heavy (non-hydrogen) atoms. The highest BCUT2D eigenvalue weighted by Gasteiger charge is 2.31. The van der Waals surface area contributed by atoms with Crippen molar-refractivity contribution in [1.82, 2.24) is 24.5 Å². The van der Waals surface area contributed by atoms with E-state index in [1.807, 2.05) is 6.33 Å². The lowest BCUT2D eigenvalue weighted by Crippen LogP contribution is -2.38. The highest BCUT2D eigenvalue weighted by molar-refractivity contribution is 6.28. The Morgan fingerprint density at radius 3 is 2.55 bits per heavy atom. The largest absolute Gasteiger partial charge is 0.416 e. The monoisotopic (exact) mass is 478 g/mol. The molecule has 2 aromatic heterocycles. The van der Waals surface area contributed by atoms with Crippen LogP contribution in [0.2, 0.25) is 5.28 Å². The van der Waals surface area contributed by atoms with Gasteiger partial charge in [0.05, 0.1) is 11.9 Å². The van der Waals surface area contributed by atoms with E-state index >= 15 is 0 Å². The zero-order valence-electron chi connectivity index (χ0n) is 18.2. The van der Waals surface area contributed by atoms with Gasteiger partial charge in [-0.2, -0.15) is 23.1 Å². The Hall–Kier alpha value is -2.39. The molecule has 6 nitrogen and oxygen atoms in total. The fraction of sp³-hybridized carbons (Fsp3) is 0.522. The predicted octanol–water partition coefficient (Wildman–Crippen LogP) is 5.90. The summed E-state index contributed by atoms with van der Waals surface area (Å²) in [5.74, 6) is 0.931. The SMILES string of the molecule is FC(F)(F)c1cccc(CC2CCN(Nc3nc(Cl)nc4c3ncn4C3CCCC3)CC2)c1. The molecule has 0 bridgehead atoms. The van der Waals surface area contributed by atoms with E-state index in [0.29, 0.717) is 29.7 Å². The third-order valence-electron chi connectivity index (χ3n) is 6.77. The van der Waals surface area contributed by atoms with E-state index in [9.17, 15) is 13.2 Å². The van der Waals surface area contributed by atoms with Gasteiger partial charge in [-0.05, 0) is 61.3 Å². The first-order valence-corrected chi connectivity index (χ1v) is 11.8. The quantitative estimate of drug-likeness (QED) is 0.463. The van der Waals surface area contributed by atoms with Crippen molar-refractivity contribution in [3.05, 3.63) is 47.0 Å². The van der Waals surface area contributed by atoms with E-state index in [1.165, 1.54) is 25.0 Å². The third-order valence-corrected chi connectivity index (χ3v) is 6.94. The first kappa shape index (κ1) is 22.4. The van der Waals surface area contributed by atoms with Crippen LogP contribution in [0.1, 0.15) is 55.7 Å². The van der Waals surface area contributed by atoms with Gasteiger partial charge >= 0.3 is 6.18 Å². The van der Waals surface area contributed by atoms with Crippen LogP contribution < -0.4 is 5.43 Å². The maximum atomic E-state index is 13.0. The molecule has 0 amide bonds. The number of hydrogen-bond acceptors (Lipinski definition) is 5. The van der Waals surface area contributed by atoms with Crippen molar-refractivity contribution in [3.63, 3.8) is 0 Å².